The van der Waals surface area contributed by atoms with E-state index in [2.05, 4.69) is 23.6 Å². The van der Waals surface area contributed by atoms with Crippen LogP contribution in [0.5, 0.6) is 5.75 Å². The van der Waals surface area contributed by atoms with Crippen molar-refractivity contribution in [3.8, 4) is 5.75 Å². The quantitative estimate of drug-likeness (QED) is 0.651. The maximum absolute atomic E-state index is 6.95. The highest BCUT2D eigenvalue weighted by Gasteiger charge is 2.22. The van der Waals surface area contributed by atoms with Crippen molar-refractivity contribution in [2.75, 3.05) is 18.1 Å². The molecule has 0 aromatic heterocycles. The lowest BCUT2D eigenvalue weighted by Gasteiger charge is -2.36. The second kappa shape index (κ2) is 3.82. The minimum Gasteiger partial charge on any atom is -0.491 e. The van der Waals surface area contributed by atoms with E-state index in [0.717, 1.165) is 18.0 Å². The molecule has 0 fully saturated rings. The highest BCUT2D eigenvalue weighted by molar-refractivity contribution is 5.66. The molecule has 0 aliphatic carbocycles. The molecule has 1 aromatic carbocycles. The van der Waals surface area contributed by atoms with Crippen molar-refractivity contribution in [3.05, 3.63) is 29.6 Å². The summed E-state index contributed by atoms with van der Waals surface area (Å²) in [6.07, 6.45) is 0. The van der Waals surface area contributed by atoms with Gasteiger partial charge in [0.05, 0.1) is 18.3 Å². The van der Waals surface area contributed by atoms with Gasteiger partial charge in [-0.25, -0.2) is 4.85 Å². The lowest BCUT2D eigenvalue weighted by Crippen LogP contribution is -2.40. The number of nitrogens with zero attached hydrogens (tertiary/aromatic N) is 2. The zero-order chi connectivity index (χ0) is 10.8. The van der Waals surface area contributed by atoms with Crippen molar-refractivity contribution >= 4 is 11.4 Å². The molecule has 0 saturated heterocycles. The molecular formula is C12H14N2O. The first-order valence-corrected chi connectivity index (χ1v) is 5.17. The summed E-state index contributed by atoms with van der Waals surface area (Å²) in [5.41, 5.74) is 1.74. The van der Waals surface area contributed by atoms with Gasteiger partial charge in [0.2, 0.25) is 0 Å². The van der Waals surface area contributed by atoms with Gasteiger partial charge in [0.25, 0.3) is 0 Å². The molecule has 3 heteroatoms. The van der Waals surface area contributed by atoms with Gasteiger partial charge in [-0.05, 0) is 26.0 Å². The fourth-order valence-electron chi connectivity index (χ4n) is 1.95. The molecule has 0 radical (unpaired) electrons. The Kier molecular flexibility index (Phi) is 2.51. The summed E-state index contributed by atoms with van der Waals surface area (Å²) in [7, 11) is 0. The van der Waals surface area contributed by atoms with Crippen LogP contribution in [0, 0.1) is 6.57 Å². The fourth-order valence-corrected chi connectivity index (χ4v) is 1.95. The minimum absolute atomic E-state index is 0.404. The number of likely N-dealkylation sites (N-methyl/N-ethyl adjacent to an activating group) is 1. The molecule has 0 spiro atoms. The van der Waals surface area contributed by atoms with Crippen LogP contribution in [-0.2, 0) is 0 Å². The van der Waals surface area contributed by atoms with Crippen LogP contribution in [-0.4, -0.2) is 19.2 Å². The first-order chi connectivity index (χ1) is 7.26. The molecule has 1 aromatic rings. The van der Waals surface area contributed by atoms with Crippen molar-refractivity contribution in [1.29, 1.82) is 0 Å². The summed E-state index contributed by atoms with van der Waals surface area (Å²) < 4.78 is 5.63. The molecule has 2 rings (SSSR count). The Balaban J connectivity index is 2.43. The van der Waals surface area contributed by atoms with Crippen LogP contribution in [0.15, 0.2) is 18.2 Å². The molecule has 1 aliphatic rings. The lowest BCUT2D eigenvalue weighted by atomic mass is 10.1. The van der Waals surface area contributed by atoms with E-state index in [9.17, 15) is 0 Å². The van der Waals surface area contributed by atoms with E-state index in [1.807, 2.05) is 18.2 Å². The SMILES string of the molecule is [C-]#[N+]c1ccc2c(c1)OCC(C)N2CC. The molecule has 1 unspecified atom stereocenters. The van der Waals surface area contributed by atoms with Crippen LogP contribution >= 0.6 is 0 Å². The van der Waals surface area contributed by atoms with E-state index < -0.39 is 0 Å². The summed E-state index contributed by atoms with van der Waals surface area (Å²) in [6.45, 7) is 12.9. The van der Waals surface area contributed by atoms with Crippen LogP contribution in [0.4, 0.5) is 11.4 Å². The number of hydrogen-bond donors (Lipinski definition) is 0. The molecule has 3 nitrogen and oxygen atoms in total. The summed E-state index contributed by atoms with van der Waals surface area (Å²) >= 11 is 0. The van der Waals surface area contributed by atoms with Crippen molar-refractivity contribution in [3.63, 3.8) is 0 Å². The van der Waals surface area contributed by atoms with Gasteiger partial charge < -0.3 is 9.64 Å². The summed E-state index contributed by atoms with van der Waals surface area (Å²) in [6, 6.07) is 6.04. The Morgan fingerprint density at radius 2 is 2.40 bits per heavy atom. The second-order valence-corrected chi connectivity index (χ2v) is 3.71. The predicted octanol–water partition coefficient (Wildman–Crippen LogP) is 2.84. The third kappa shape index (κ3) is 1.63. The Morgan fingerprint density at radius 3 is 3.07 bits per heavy atom. The molecule has 1 atom stereocenters. The van der Waals surface area contributed by atoms with Crippen LogP contribution in [0.1, 0.15) is 13.8 Å². The molecule has 1 heterocycles. The van der Waals surface area contributed by atoms with Gasteiger partial charge in [-0.3, -0.25) is 0 Å². The predicted molar refractivity (Wildman–Crippen MR) is 60.7 cm³/mol. The molecular weight excluding hydrogens is 188 g/mol. The van der Waals surface area contributed by atoms with E-state index in [0.29, 0.717) is 18.3 Å². The Morgan fingerprint density at radius 1 is 1.60 bits per heavy atom. The molecule has 78 valence electrons. The van der Waals surface area contributed by atoms with E-state index in [4.69, 9.17) is 11.3 Å². The topological polar surface area (TPSA) is 16.8 Å². The van der Waals surface area contributed by atoms with Crippen LogP contribution in [0.25, 0.3) is 4.85 Å². The van der Waals surface area contributed by atoms with Gasteiger partial charge in [0.15, 0.2) is 5.69 Å². The standard InChI is InChI=1S/C12H14N2O/c1-4-14-9(2)8-15-12-7-10(13-3)5-6-11(12)14/h5-7,9H,4,8H2,1-2H3. The van der Waals surface area contributed by atoms with Crippen molar-refractivity contribution in [2.24, 2.45) is 0 Å². The normalized spacial score (nSPS) is 19.0. The van der Waals surface area contributed by atoms with Crippen LogP contribution < -0.4 is 9.64 Å². The van der Waals surface area contributed by atoms with Gasteiger partial charge in [0.1, 0.15) is 12.4 Å². The van der Waals surface area contributed by atoms with Gasteiger partial charge in [0, 0.05) is 6.54 Å². The number of hydrogen-bond acceptors (Lipinski definition) is 2. The van der Waals surface area contributed by atoms with Gasteiger partial charge in [-0.1, -0.05) is 6.07 Å². The summed E-state index contributed by atoms with van der Waals surface area (Å²) in [5, 5.41) is 0. The van der Waals surface area contributed by atoms with Crippen LogP contribution in [0.2, 0.25) is 0 Å². The average molecular weight is 202 g/mol. The monoisotopic (exact) mass is 202 g/mol. The summed E-state index contributed by atoms with van der Waals surface area (Å²) in [5.74, 6) is 0.837. The fraction of sp³-hybridized carbons (Fsp3) is 0.417. The van der Waals surface area contributed by atoms with Gasteiger partial charge in [-0.2, -0.15) is 0 Å². The largest absolute Gasteiger partial charge is 0.491 e. The highest BCUT2D eigenvalue weighted by atomic mass is 16.5. The number of rotatable bonds is 1. The Labute approximate surface area is 90.1 Å². The average Bonchev–Trinajstić information content (AvgIpc) is 2.28. The van der Waals surface area contributed by atoms with E-state index in [1.54, 1.807) is 0 Å². The van der Waals surface area contributed by atoms with Gasteiger partial charge >= 0.3 is 0 Å². The zero-order valence-corrected chi connectivity index (χ0v) is 9.03. The number of anilines is 1. The van der Waals surface area contributed by atoms with E-state index in [1.165, 1.54) is 0 Å². The lowest BCUT2D eigenvalue weighted by molar-refractivity contribution is 0.271. The van der Waals surface area contributed by atoms with Crippen LogP contribution in [0.3, 0.4) is 0 Å². The molecule has 0 bridgehead atoms. The maximum atomic E-state index is 6.95. The maximum Gasteiger partial charge on any atom is 0.191 e. The smallest absolute Gasteiger partial charge is 0.191 e. The molecule has 0 N–H and O–H groups in total. The number of ether oxygens (including phenoxy) is 1. The number of fused-ring (bicyclic) bond motifs is 1. The highest BCUT2D eigenvalue weighted by Crippen LogP contribution is 2.36. The summed E-state index contributed by atoms with van der Waals surface area (Å²) in [4.78, 5) is 5.70. The zero-order valence-electron chi connectivity index (χ0n) is 9.03. The molecule has 1 aliphatic heterocycles. The first kappa shape index (κ1) is 9.85. The number of benzene rings is 1. The van der Waals surface area contributed by atoms with Crippen molar-refractivity contribution in [1.82, 2.24) is 0 Å². The molecule has 0 amide bonds. The third-order valence-electron chi connectivity index (χ3n) is 2.73. The van der Waals surface area contributed by atoms with Gasteiger partial charge in [-0.15, -0.1) is 0 Å². The minimum atomic E-state index is 0.404. The van der Waals surface area contributed by atoms with E-state index in [-0.39, 0.29) is 0 Å². The first-order valence-electron chi connectivity index (χ1n) is 5.17. The Hall–Kier alpha value is -1.69. The third-order valence-corrected chi connectivity index (χ3v) is 2.73. The second-order valence-electron chi connectivity index (χ2n) is 3.71. The van der Waals surface area contributed by atoms with Crippen molar-refractivity contribution in [2.45, 2.75) is 19.9 Å². The molecule has 0 saturated carbocycles. The Bertz CT molecular complexity index is 409. The molecule has 15 heavy (non-hydrogen) atoms. The van der Waals surface area contributed by atoms with E-state index >= 15 is 0 Å². The van der Waals surface area contributed by atoms with Crippen molar-refractivity contribution < 1.29 is 4.74 Å².